The van der Waals surface area contributed by atoms with E-state index in [1.165, 1.54) is 26.8 Å². The van der Waals surface area contributed by atoms with E-state index in [1.807, 2.05) is 22.6 Å². The number of phenols is 1. The van der Waals surface area contributed by atoms with Crippen molar-refractivity contribution in [2.24, 2.45) is 5.92 Å². The first kappa shape index (κ1) is 83.8. The van der Waals surface area contributed by atoms with Gasteiger partial charge in [-0.3, -0.25) is 67.5 Å². The van der Waals surface area contributed by atoms with E-state index in [0.717, 1.165) is 0 Å². The molecule has 544 valence electrons. The molecule has 6 atom stereocenters. The second-order valence-corrected chi connectivity index (χ2v) is 25.4. The minimum Gasteiger partial charge on any atom is -0.507 e. The zero-order valence-corrected chi connectivity index (χ0v) is 57.0. The van der Waals surface area contributed by atoms with Crippen LogP contribution in [0.15, 0.2) is 48.5 Å². The lowest BCUT2D eigenvalue weighted by molar-refractivity contribution is -0.145. The summed E-state index contributed by atoms with van der Waals surface area (Å²) in [5.74, 6) is -13.9. The number of rotatable bonds is 47. The van der Waals surface area contributed by atoms with E-state index in [4.69, 9.17) is 5.11 Å². The van der Waals surface area contributed by atoms with Gasteiger partial charge in [-0.2, -0.15) is 0 Å². The van der Waals surface area contributed by atoms with Gasteiger partial charge in [0, 0.05) is 103 Å². The number of aliphatic carboxylic acids is 8. The number of amides is 5. The molecule has 0 aliphatic carbocycles. The SMILES string of the molecule is O=C(O)CC[C@H](NC(=O)N[C@@H](CCCCCC(=O)CCCCCCC(=O)NCCCC[C@@H](NC(=O)[C@H](CC(=O)[C@@H](Cc1ccc(O)c(I)c1)NC(=O)CC[C@@H](C(=O)O)N1CCN(CC(=O)O)CCN(CC(=O)O)CCN(CC(=O)O)CC1)Cc1ccccc1)C(=O)O)C(=O)O)C(=O)O. The van der Waals surface area contributed by atoms with E-state index >= 15 is 0 Å². The van der Waals surface area contributed by atoms with Gasteiger partial charge in [0.05, 0.1) is 29.2 Å². The molecule has 0 radical (unpaired) electrons. The first-order valence-electron chi connectivity index (χ1n) is 32.7. The highest BCUT2D eigenvalue weighted by atomic mass is 127. The third kappa shape index (κ3) is 35.7. The number of carboxylic acids is 8. The van der Waals surface area contributed by atoms with E-state index in [-0.39, 0.29) is 134 Å². The Bertz CT molecular complexity index is 2970. The Morgan fingerprint density at radius 2 is 0.929 bits per heavy atom. The molecule has 2 aromatic rings. The van der Waals surface area contributed by atoms with Gasteiger partial charge in [0.1, 0.15) is 35.7 Å². The van der Waals surface area contributed by atoms with Gasteiger partial charge in [-0.1, -0.05) is 62.1 Å². The van der Waals surface area contributed by atoms with Crippen LogP contribution < -0.4 is 26.6 Å². The molecule has 2 aromatic carbocycles. The number of aromatic hydroxyl groups is 1. The quantitative estimate of drug-likeness (QED) is 0.0334. The number of unbranched alkanes of at least 4 members (excludes halogenated alkanes) is 6. The van der Waals surface area contributed by atoms with Crippen molar-refractivity contribution in [3.8, 4) is 5.75 Å². The van der Waals surface area contributed by atoms with Crippen molar-refractivity contribution in [2.75, 3.05) is 78.5 Å². The van der Waals surface area contributed by atoms with Crippen LogP contribution in [0.4, 0.5) is 4.79 Å². The third-order valence-electron chi connectivity index (χ3n) is 16.4. The van der Waals surface area contributed by atoms with Crippen LogP contribution in [0, 0.1) is 9.49 Å². The molecule has 33 heteroatoms. The number of hydrogen-bond donors (Lipinski definition) is 14. The van der Waals surface area contributed by atoms with Crippen molar-refractivity contribution >= 4 is 106 Å². The molecule has 0 bridgehead atoms. The Hall–Kier alpha value is -8.41. The molecule has 1 saturated heterocycles. The Morgan fingerprint density at radius 1 is 0.439 bits per heavy atom. The summed E-state index contributed by atoms with van der Waals surface area (Å²) in [4.78, 5) is 181. The van der Waals surface area contributed by atoms with Crippen molar-refractivity contribution in [2.45, 2.75) is 165 Å². The summed E-state index contributed by atoms with van der Waals surface area (Å²) in [5, 5.41) is 100. The maximum absolute atomic E-state index is 14.6. The minimum atomic E-state index is -1.53. The zero-order valence-electron chi connectivity index (χ0n) is 54.8. The van der Waals surface area contributed by atoms with Gasteiger partial charge in [-0.15, -0.1) is 0 Å². The van der Waals surface area contributed by atoms with Gasteiger partial charge in [0.2, 0.25) is 17.7 Å². The van der Waals surface area contributed by atoms with Crippen LogP contribution in [0.5, 0.6) is 5.75 Å². The van der Waals surface area contributed by atoms with Gasteiger partial charge in [0.15, 0.2) is 5.78 Å². The first-order valence-corrected chi connectivity index (χ1v) is 33.8. The monoisotopic (exact) mass is 1500 g/mol. The highest BCUT2D eigenvalue weighted by Gasteiger charge is 2.34. The molecule has 98 heavy (non-hydrogen) atoms. The molecule has 5 amide bonds. The predicted molar refractivity (Wildman–Crippen MR) is 358 cm³/mol. The molecule has 1 aliphatic rings. The number of urea groups is 1. The summed E-state index contributed by atoms with van der Waals surface area (Å²) in [5.41, 5.74) is 1.14. The van der Waals surface area contributed by atoms with E-state index in [1.54, 1.807) is 41.3 Å². The average molecular weight is 1500 g/mol. The summed E-state index contributed by atoms with van der Waals surface area (Å²) < 4.78 is 0.423. The van der Waals surface area contributed by atoms with Crippen molar-refractivity contribution < 1.29 is 113 Å². The lowest BCUT2D eigenvalue weighted by Crippen LogP contribution is -2.52. The Morgan fingerprint density at radius 3 is 1.43 bits per heavy atom. The Kier molecular flexibility index (Phi) is 39.3. The van der Waals surface area contributed by atoms with Crippen molar-refractivity contribution in [1.29, 1.82) is 0 Å². The number of nitrogens with zero attached hydrogens (tertiary/aromatic N) is 4. The molecule has 0 saturated carbocycles. The van der Waals surface area contributed by atoms with Gasteiger partial charge in [0.25, 0.3) is 0 Å². The minimum absolute atomic E-state index is 0.00425. The van der Waals surface area contributed by atoms with E-state index in [2.05, 4.69) is 26.6 Å². The zero-order chi connectivity index (χ0) is 72.7. The molecule has 14 N–H and O–H groups in total. The smallest absolute Gasteiger partial charge is 0.326 e. The summed E-state index contributed by atoms with van der Waals surface area (Å²) in [6.07, 6.45) is 2.84. The van der Waals surface area contributed by atoms with Crippen LogP contribution in [-0.2, 0) is 75.2 Å². The second kappa shape index (κ2) is 46.0. The number of carboxylic acid groups (broad SMARTS) is 8. The molecule has 0 spiro atoms. The summed E-state index contributed by atoms with van der Waals surface area (Å²) in [6.45, 7) is -0.797. The Balaban J connectivity index is 1.58. The van der Waals surface area contributed by atoms with Gasteiger partial charge in [-0.05, 0) is 116 Å². The number of nitrogens with one attached hydrogen (secondary N) is 5. The third-order valence-corrected chi connectivity index (χ3v) is 17.3. The van der Waals surface area contributed by atoms with E-state index < -0.39 is 146 Å². The molecular formula is C65H94IN9O23. The van der Waals surface area contributed by atoms with Crippen molar-refractivity contribution in [3.05, 3.63) is 63.2 Å². The molecule has 3 rings (SSSR count). The fraction of sp³-hybridized carbons (Fsp3) is 0.600. The average Bonchev–Trinajstić information content (AvgIpc) is 0.863. The maximum Gasteiger partial charge on any atom is 0.326 e. The molecule has 0 unspecified atom stereocenters. The first-order chi connectivity index (χ1) is 46.5. The molecule has 32 nitrogen and oxygen atoms in total. The summed E-state index contributed by atoms with van der Waals surface area (Å²) in [6, 6.07) is 5.12. The number of halogens is 1. The number of hydrogen-bond acceptors (Lipinski definition) is 19. The maximum atomic E-state index is 14.6. The largest absolute Gasteiger partial charge is 0.507 e. The van der Waals surface area contributed by atoms with Crippen LogP contribution in [0.25, 0.3) is 0 Å². The number of benzene rings is 2. The van der Waals surface area contributed by atoms with Crippen LogP contribution in [-0.4, -0.2) is 257 Å². The molecular weight excluding hydrogens is 1400 g/mol. The normalized spacial score (nSPS) is 15.4. The number of carbonyl (C=O) groups is 14. The molecule has 1 heterocycles. The van der Waals surface area contributed by atoms with Crippen LogP contribution in [0.3, 0.4) is 0 Å². The lowest BCUT2D eigenvalue weighted by atomic mass is 9.89. The fourth-order valence-corrected chi connectivity index (χ4v) is 11.6. The van der Waals surface area contributed by atoms with Gasteiger partial charge >= 0.3 is 53.8 Å². The predicted octanol–water partition coefficient (Wildman–Crippen LogP) is 2.34. The fourth-order valence-electron chi connectivity index (χ4n) is 11.0. The number of carbonyl (C=O) groups excluding carboxylic acids is 6. The van der Waals surface area contributed by atoms with Crippen LogP contribution >= 0.6 is 22.6 Å². The lowest BCUT2D eigenvalue weighted by Gasteiger charge is -2.35. The topological polar surface area (TPSA) is 494 Å². The number of phenolic OH excluding ortho intramolecular Hbond substituents is 1. The summed E-state index contributed by atoms with van der Waals surface area (Å²) >= 11 is 1.89. The number of ketones is 2. The Labute approximate surface area is 580 Å². The molecule has 1 aliphatic heterocycles. The van der Waals surface area contributed by atoms with Crippen molar-refractivity contribution in [1.82, 2.24) is 46.2 Å². The second-order valence-electron chi connectivity index (χ2n) is 24.2. The number of Topliss-reactive ketones (excluding diaryl/α,β-unsaturated/α-hetero) is 2. The van der Waals surface area contributed by atoms with Crippen LogP contribution in [0.2, 0.25) is 0 Å². The molecule has 0 aromatic heterocycles. The highest BCUT2D eigenvalue weighted by molar-refractivity contribution is 14.1. The molecule has 1 fully saturated rings. The standard InChI is InChI=1S/C65H94IN9O23/c66-46-36-43(20-23-52(46)77)37-50(68-55(80)24-22-51(64(96)97)75-33-31-73(40-58(85)86)29-27-72(39-57(83)84)28-30-74(32-34-75)41-59(87)88)53(78)38-44(35-42-13-5-3-6-14-42)60(89)69-47(61(90)91)18-11-12-26-67-54(79)19-10-2-1-7-15-45(76)16-8-4-9-17-48(62(92)93)70-65(98)71-49(63(94)95)21-25-56(81)82/h3,5-6,13-14,20,23,36,44,47-51,77H,1-2,4,7-12,15-19,21-22,24-35,37-41H2,(H,67,79)(H,68,80)(H,69,89)(H,81,82)(H,83,84)(H,85,86)(H,87,88)(H,90,91)(H,92,93)(H,94,95)(H,96,97)(H2,70,71,98)/t44-,47+,48-,49-,50+,51-/m0/s1. The van der Waals surface area contributed by atoms with E-state index in [0.29, 0.717) is 72.5 Å². The summed E-state index contributed by atoms with van der Waals surface area (Å²) in [7, 11) is 0. The van der Waals surface area contributed by atoms with Crippen LogP contribution in [0.1, 0.15) is 133 Å². The van der Waals surface area contributed by atoms with Gasteiger partial charge < -0.3 is 72.5 Å². The van der Waals surface area contributed by atoms with Gasteiger partial charge in [-0.25, -0.2) is 19.2 Å². The van der Waals surface area contributed by atoms with E-state index in [9.17, 15) is 108 Å². The van der Waals surface area contributed by atoms with Crippen molar-refractivity contribution in [3.63, 3.8) is 0 Å². The highest BCUT2D eigenvalue weighted by Crippen LogP contribution is 2.23.